The SMILES string of the molecule is COPC[C@H](C)[C@H](C)C=C(Br)Br. The van der Waals surface area contributed by atoms with Crippen molar-refractivity contribution in [3.8, 4) is 0 Å². The molecule has 0 saturated heterocycles. The van der Waals surface area contributed by atoms with Gasteiger partial charge in [0.2, 0.25) is 0 Å². The molecule has 0 radical (unpaired) electrons. The molecule has 0 aliphatic carbocycles. The van der Waals surface area contributed by atoms with E-state index in [9.17, 15) is 0 Å². The molecule has 0 rings (SSSR count). The molecule has 0 aromatic carbocycles. The Labute approximate surface area is 93.5 Å². The van der Waals surface area contributed by atoms with Gasteiger partial charge in [-0.2, -0.15) is 0 Å². The third kappa shape index (κ3) is 6.59. The van der Waals surface area contributed by atoms with E-state index < -0.39 is 0 Å². The van der Waals surface area contributed by atoms with E-state index in [1.165, 1.54) is 0 Å². The van der Waals surface area contributed by atoms with Crippen LogP contribution in [0, 0.1) is 11.8 Å². The third-order valence-electron chi connectivity index (χ3n) is 1.84. The molecule has 0 N–H and O–H groups in total. The monoisotopic (exact) mass is 316 g/mol. The summed E-state index contributed by atoms with van der Waals surface area (Å²) in [6.07, 6.45) is 3.31. The zero-order valence-electron chi connectivity index (χ0n) is 7.60. The molecule has 3 atom stereocenters. The van der Waals surface area contributed by atoms with Crippen LogP contribution in [0.1, 0.15) is 13.8 Å². The molecule has 4 heteroatoms. The summed E-state index contributed by atoms with van der Waals surface area (Å²) in [5, 5.41) is 0. The molecule has 72 valence electrons. The summed E-state index contributed by atoms with van der Waals surface area (Å²) >= 11 is 6.72. The van der Waals surface area contributed by atoms with E-state index >= 15 is 0 Å². The van der Waals surface area contributed by atoms with Gasteiger partial charge in [-0.15, -0.1) is 0 Å². The van der Waals surface area contributed by atoms with Crippen LogP contribution in [-0.4, -0.2) is 13.3 Å². The number of rotatable bonds is 5. The third-order valence-corrected chi connectivity index (χ3v) is 3.46. The predicted molar refractivity (Wildman–Crippen MR) is 64.5 cm³/mol. The second kappa shape index (κ2) is 7.49. The lowest BCUT2D eigenvalue weighted by Gasteiger charge is -2.15. The van der Waals surface area contributed by atoms with Gasteiger partial charge in [0.05, 0.1) is 3.39 Å². The van der Waals surface area contributed by atoms with Crippen LogP contribution in [0.3, 0.4) is 0 Å². The second-order valence-electron chi connectivity index (χ2n) is 2.85. The smallest absolute Gasteiger partial charge is 0.0567 e. The number of halogens is 2. The van der Waals surface area contributed by atoms with Gasteiger partial charge in [0.25, 0.3) is 0 Å². The van der Waals surface area contributed by atoms with Gasteiger partial charge in [0, 0.05) is 15.9 Å². The van der Waals surface area contributed by atoms with E-state index in [0.717, 1.165) is 9.55 Å². The van der Waals surface area contributed by atoms with Gasteiger partial charge in [0.15, 0.2) is 0 Å². The topological polar surface area (TPSA) is 9.23 Å². The van der Waals surface area contributed by atoms with Crippen LogP contribution >= 0.6 is 40.7 Å². The molecule has 1 unspecified atom stereocenters. The Morgan fingerprint density at radius 1 is 1.50 bits per heavy atom. The average molecular weight is 318 g/mol. The first kappa shape index (κ1) is 13.1. The Balaban J connectivity index is 3.76. The molecule has 1 nitrogen and oxygen atoms in total. The highest BCUT2D eigenvalue weighted by molar-refractivity contribution is 9.28. The van der Waals surface area contributed by atoms with E-state index in [2.05, 4.69) is 51.8 Å². The van der Waals surface area contributed by atoms with E-state index in [1.54, 1.807) is 7.11 Å². The maximum atomic E-state index is 5.05. The maximum Gasteiger partial charge on any atom is 0.0567 e. The first-order chi connectivity index (χ1) is 5.57. The molecule has 0 amide bonds. The maximum absolute atomic E-state index is 5.05. The van der Waals surface area contributed by atoms with E-state index in [1.807, 2.05) is 0 Å². The normalized spacial score (nSPS) is 16.4. The lowest BCUT2D eigenvalue weighted by atomic mass is 9.98. The molecule has 0 aliphatic rings. The summed E-state index contributed by atoms with van der Waals surface area (Å²) in [5.41, 5.74) is 0. The molecule has 0 heterocycles. The number of hydrogen-bond acceptors (Lipinski definition) is 1. The van der Waals surface area contributed by atoms with Crippen LogP contribution in [0.5, 0.6) is 0 Å². The Kier molecular flexibility index (Phi) is 8.17. The molecule has 12 heavy (non-hydrogen) atoms. The standard InChI is InChI=1S/C8H15Br2OP/c1-6(4-8(9)10)7(2)5-12-11-3/h4,6-7,12H,5H2,1-3H3/t6-,7+/m1/s1. The Hall–Kier alpha value is 1.09. The van der Waals surface area contributed by atoms with Gasteiger partial charge in [-0.3, -0.25) is 0 Å². The van der Waals surface area contributed by atoms with Gasteiger partial charge in [-0.1, -0.05) is 19.9 Å². The zero-order valence-corrected chi connectivity index (χ0v) is 11.8. The fraction of sp³-hybridized carbons (Fsp3) is 0.750. The predicted octanol–water partition coefficient (Wildman–Crippen LogP) is 4.13. The van der Waals surface area contributed by atoms with Crippen LogP contribution in [-0.2, 0) is 4.52 Å². The first-order valence-electron chi connectivity index (χ1n) is 3.86. The summed E-state index contributed by atoms with van der Waals surface area (Å²) in [6.45, 7) is 4.46. The van der Waals surface area contributed by atoms with Crippen molar-refractivity contribution < 1.29 is 4.52 Å². The van der Waals surface area contributed by atoms with Crippen LogP contribution in [0.4, 0.5) is 0 Å². The number of allylic oxidation sites excluding steroid dienone is 1. The molecule has 0 fully saturated rings. The van der Waals surface area contributed by atoms with Gasteiger partial charge >= 0.3 is 0 Å². The van der Waals surface area contributed by atoms with Crippen molar-refractivity contribution in [3.63, 3.8) is 0 Å². The summed E-state index contributed by atoms with van der Waals surface area (Å²) < 4.78 is 6.09. The second-order valence-corrected chi connectivity index (χ2v) is 6.72. The molecule has 0 aromatic heterocycles. The van der Waals surface area contributed by atoms with Crippen molar-refractivity contribution in [1.82, 2.24) is 0 Å². The molecule has 0 aliphatic heterocycles. The molecular weight excluding hydrogens is 303 g/mol. The molecule has 0 bridgehead atoms. The van der Waals surface area contributed by atoms with Gasteiger partial charge < -0.3 is 4.52 Å². The minimum Gasteiger partial charge on any atom is -0.366 e. The number of hydrogen-bond donors (Lipinski definition) is 0. The minimum atomic E-state index is 0.585. The van der Waals surface area contributed by atoms with Crippen LogP contribution in [0.25, 0.3) is 0 Å². The van der Waals surface area contributed by atoms with Crippen molar-refractivity contribution in [2.75, 3.05) is 13.3 Å². The van der Waals surface area contributed by atoms with Crippen molar-refractivity contribution in [1.29, 1.82) is 0 Å². The minimum absolute atomic E-state index is 0.585. The zero-order chi connectivity index (χ0) is 9.56. The fourth-order valence-corrected chi connectivity index (χ4v) is 2.40. The van der Waals surface area contributed by atoms with Crippen molar-refractivity contribution in [2.24, 2.45) is 11.8 Å². The molecule has 0 saturated carbocycles. The van der Waals surface area contributed by atoms with Crippen molar-refractivity contribution >= 4 is 40.7 Å². The highest BCUT2D eigenvalue weighted by Gasteiger charge is 2.09. The van der Waals surface area contributed by atoms with Crippen LogP contribution < -0.4 is 0 Å². The van der Waals surface area contributed by atoms with Crippen LogP contribution in [0.2, 0.25) is 0 Å². The molecular formula is C8H15Br2OP. The first-order valence-corrected chi connectivity index (χ1v) is 6.56. The lowest BCUT2D eigenvalue weighted by Crippen LogP contribution is -2.07. The lowest BCUT2D eigenvalue weighted by molar-refractivity contribution is 0.452. The van der Waals surface area contributed by atoms with Crippen molar-refractivity contribution in [3.05, 3.63) is 9.47 Å². The fourth-order valence-electron chi connectivity index (χ4n) is 0.764. The highest BCUT2D eigenvalue weighted by atomic mass is 79.9. The average Bonchev–Trinajstić information content (AvgIpc) is 1.98. The largest absolute Gasteiger partial charge is 0.366 e. The Morgan fingerprint density at radius 2 is 2.08 bits per heavy atom. The highest BCUT2D eigenvalue weighted by Crippen LogP contribution is 2.25. The Morgan fingerprint density at radius 3 is 2.50 bits per heavy atom. The summed E-state index contributed by atoms with van der Waals surface area (Å²) in [4.78, 5) is 0. The Bertz CT molecular complexity index is 146. The molecule has 0 aromatic rings. The van der Waals surface area contributed by atoms with Gasteiger partial charge in [-0.25, -0.2) is 0 Å². The van der Waals surface area contributed by atoms with E-state index in [0.29, 0.717) is 20.6 Å². The van der Waals surface area contributed by atoms with Gasteiger partial charge in [0.1, 0.15) is 0 Å². The van der Waals surface area contributed by atoms with Crippen molar-refractivity contribution in [2.45, 2.75) is 13.8 Å². The molecule has 0 spiro atoms. The summed E-state index contributed by atoms with van der Waals surface area (Å²) in [5.74, 6) is 1.26. The quantitative estimate of drug-likeness (QED) is 0.693. The van der Waals surface area contributed by atoms with Gasteiger partial charge in [-0.05, 0) is 49.9 Å². The summed E-state index contributed by atoms with van der Waals surface area (Å²) in [7, 11) is 2.38. The summed E-state index contributed by atoms with van der Waals surface area (Å²) in [6, 6.07) is 0. The van der Waals surface area contributed by atoms with E-state index in [4.69, 9.17) is 4.52 Å². The van der Waals surface area contributed by atoms with Crippen LogP contribution in [0.15, 0.2) is 9.47 Å². The van der Waals surface area contributed by atoms with E-state index in [-0.39, 0.29) is 0 Å².